The van der Waals surface area contributed by atoms with Crippen LogP contribution in [0.5, 0.6) is 0 Å². The third-order valence-electron chi connectivity index (χ3n) is 5.25. The summed E-state index contributed by atoms with van der Waals surface area (Å²) in [5.41, 5.74) is 6.72. The molecule has 2 heterocycles. The molecule has 0 saturated heterocycles. The lowest BCUT2D eigenvalue weighted by Gasteiger charge is -2.28. The van der Waals surface area contributed by atoms with E-state index < -0.39 is 0 Å². The Morgan fingerprint density at radius 1 is 1.00 bits per heavy atom. The van der Waals surface area contributed by atoms with Crippen molar-refractivity contribution in [3.63, 3.8) is 0 Å². The van der Waals surface area contributed by atoms with Gasteiger partial charge in [-0.2, -0.15) is 5.10 Å². The van der Waals surface area contributed by atoms with Gasteiger partial charge in [0.15, 0.2) is 0 Å². The van der Waals surface area contributed by atoms with Gasteiger partial charge >= 0.3 is 0 Å². The van der Waals surface area contributed by atoms with E-state index in [9.17, 15) is 0 Å². The molecule has 0 fully saturated rings. The predicted octanol–water partition coefficient (Wildman–Crippen LogP) is 6.14. The summed E-state index contributed by atoms with van der Waals surface area (Å²) < 4.78 is 1.86. The molecule has 1 aliphatic heterocycles. The minimum absolute atomic E-state index is 1.17. The maximum Gasteiger partial charge on any atom is 0.0568 e. The number of unbranched alkanes of at least 4 members (excludes halogenated alkanes) is 5. The average Bonchev–Trinajstić information content (AvgIpc) is 3.06. The number of anilines is 1. The molecule has 144 valence electrons. The van der Waals surface area contributed by atoms with Crippen molar-refractivity contribution >= 4 is 5.69 Å². The van der Waals surface area contributed by atoms with E-state index in [0.29, 0.717) is 0 Å². The Morgan fingerprint density at radius 3 is 2.27 bits per heavy atom. The molecule has 3 heteroatoms. The fraction of sp³-hybridized carbons (Fsp3) is 0.609. The number of nitrogens with zero attached hydrogens (tertiary/aromatic N) is 3. The van der Waals surface area contributed by atoms with Crippen LogP contribution in [0.15, 0.2) is 24.5 Å². The van der Waals surface area contributed by atoms with E-state index in [2.05, 4.69) is 56.1 Å². The van der Waals surface area contributed by atoms with Crippen LogP contribution in [0.4, 0.5) is 5.69 Å². The van der Waals surface area contributed by atoms with Crippen LogP contribution in [0.25, 0.3) is 11.1 Å². The van der Waals surface area contributed by atoms with Crippen LogP contribution in [0.1, 0.15) is 69.9 Å². The van der Waals surface area contributed by atoms with Crippen molar-refractivity contribution in [1.82, 2.24) is 9.78 Å². The minimum atomic E-state index is 1.17. The molecular weight excluding hydrogens is 318 g/mol. The van der Waals surface area contributed by atoms with E-state index in [4.69, 9.17) is 0 Å². The van der Waals surface area contributed by atoms with Crippen molar-refractivity contribution in [2.24, 2.45) is 7.05 Å². The Hall–Kier alpha value is -1.77. The van der Waals surface area contributed by atoms with Crippen LogP contribution in [0.2, 0.25) is 0 Å². The van der Waals surface area contributed by atoms with Gasteiger partial charge in [0, 0.05) is 38.1 Å². The second-order valence-corrected chi connectivity index (χ2v) is 7.64. The Balaban J connectivity index is 0.000000260. The van der Waals surface area contributed by atoms with Crippen molar-refractivity contribution in [1.29, 1.82) is 0 Å². The summed E-state index contributed by atoms with van der Waals surface area (Å²) in [5.74, 6) is 0. The Kier molecular flexibility index (Phi) is 8.21. The Morgan fingerprint density at radius 2 is 1.69 bits per heavy atom. The summed E-state index contributed by atoms with van der Waals surface area (Å²) in [4.78, 5) is 2.36. The SMILES string of the molecule is CCCCCCCC.Cc1cc2c(cc1-c1cnn(C)c1)CCCN2C. The average molecular weight is 356 g/mol. The molecule has 26 heavy (non-hydrogen) atoms. The predicted molar refractivity (Wildman–Crippen MR) is 114 cm³/mol. The standard InChI is InChI=1S/C15H19N3.C8H18/c1-11-7-15-12(5-4-6-17(15)2)8-14(11)13-9-16-18(3)10-13;1-3-5-7-8-6-4-2/h7-10H,4-6H2,1-3H3;3-8H2,1-2H3. The molecule has 1 aliphatic rings. The molecule has 0 unspecified atom stereocenters. The van der Waals surface area contributed by atoms with E-state index in [1.54, 1.807) is 0 Å². The first-order chi connectivity index (χ1) is 12.6. The molecule has 0 atom stereocenters. The number of rotatable bonds is 6. The summed E-state index contributed by atoms with van der Waals surface area (Å²) in [5, 5.41) is 4.27. The molecule has 0 radical (unpaired) electrons. The third kappa shape index (κ3) is 5.62. The van der Waals surface area contributed by atoms with Crippen LogP contribution >= 0.6 is 0 Å². The summed E-state index contributed by atoms with van der Waals surface area (Å²) in [6.45, 7) is 7.86. The fourth-order valence-electron chi connectivity index (χ4n) is 3.65. The van der Waals surface area contributed by atoms with Crippen LogP contribution in [0, 0.1) is 6.92 Å². The molecule has 0 amide bonds. The number of hydrogen-bond donors (Lipinski definition) is 0. The summed E-state index contributed by atoms with van der Waals surface area (Å²) in [6.07, 6.45) is 15.0. The van der Waals surface area contributed by atoms with Crippen molar-refractivity contribution < 1.29 is 0 Å². The number of aromatic nitrogens is 2. The molecule has 1 aromatic heterocycles. The van der Waals surface area contributed by atoms with E-state index in [0.717, 1.165) is 0 Å². The normalized spacial score (nSPS) is 13.2. The highest BCUT2D eigenvalue weighted by molar-refractivity contribution is 5.72. The molecule has 0 N–H and O–H groups in total. The molecule has 0 bridgehead atoms. The highest BCUT2D eigenvalue weighted by Crippen LogP contribution is 2.33. The zero-order chi connectivity index (χ0) is 18.9. The lowest BCUT2D eigenvalue weighted by atomic mass is 9.94. The first kappa shape index (κ1) is 20.5. The summed E-state index contributed by atoms with van der Waals surface area (Å²) >= 11 is 0. The van der Waals surface area contributed by atoms with Gasteiger partial charge < -0.3 is 4.90 Å². The van der Waals surface area contributed by atoms with Gasteiger partial charge in [-0.05, 0) is 48.6 Å². The van der Waals surface area contributed by atoms with Gasteiger partial charge in [0.05, 0.1) is 6.20 Å². The van der Waals surface area contributed by atoms with Crippen LogP contribution in [-0.4, -0.2) is 23.4 Å². The quantitative estimate of drug-likeness (QED) is 0.580. The third-order valence-corrected chi connectivity index (χ3v) is 5.25. The van der Waals surface area contributed by atoms with Crippen LogP contribution < -0.4 is 4.90 Å². The Labute approximate surface area is 160 Å². The lowest BCUT2D eigenvalue weighted by molar-refractivity contribution is 0.624. The molecule has 0 aliphatic carbocycles. The molecule has 2 aromatic rings. The Bertz CT molecular complexity index is 666. The molecular formula is C23H37N3. The second kappa shape index (κ2) is 10.4. The molecule has 3 nitrogen and oxygen atoms in total. The van der Waals surface area contributed by atoms with Crippen LogP contribution in [-0.2, 0) is 13.5 Å². The van der Waals surface area contributed by atoms with Crippen molar-refractivity contribution in [3.05, 3.63) is 35.7 Å². The molecule has 0 saturated carbocycles. The highest BCUT2D eigenvalue weighted by atomic mass is 15.2. The van der Waals surface area contributed by atoms with Crippen molar-refractivity contribution in [2.45, 2.75) is 72.1 Å². The minimum Gasteiger partial charge on any atom is -0.374 e. The zero-order valence-electron chi connectivity index (χ0n) is 17.5. The maximum absolute atomic E-state index is 4.27. The van der Waals surface area contributed by atoms with Crippen molar-refractivity contribution in [2.75, 3.05) is 18.5 Å². The van der Waals surface area contributed by atoms with Gasteiger partial charge in [-0.25, -0.2) is 0 Å². The summed E-state index contributed by atoms with van der Waals surface area (Å²) in [7, 11) is 4.15. The van der Waals surface area contributed by atoms with Gasteiger partial charge in [0.25, 0.3) is 0 Å². The first-order valence-corrected chi connectivity index (χ1v) is 10.4. The van der Waals surface area contributed by atoms with Gasteiger partial charge in [0.2, 0.25) is 0 Å². The first-order valence-electron chi connectivity index (χ1n) is 10.4. The highest BCUT2D eigenvalue weighted by Gasteiger charge is 2.16. The molecule has 3 rings (SSSR count). The molecule has 0 spiro atoms. The number of fused-ring (bicyclic) bond motifs is 1. The fourth-order valence-corrected chi connectivity index (χ4v) is 3.65. The number of hydrogen-bond acceptors (Lipinski definition) is 2. The molecule has 1 aromatic carbocycles. The largest absolute Gasteiger partial charge is 0.374 e. The lowest BCUT2D eigenvalue weighted by Crippen LogP contribution is -2.24. The van der Waals surface area contributed by atoms with Gasteiger partial charge in [-0.15, -0.1) is 0 Å². The monoisotopic (exact) mass is 355 g/mol. The number of benzene rings is 1. The number of aryl methyl sites for hydroxylation is 3. The van der Waals surface area contributed by atoms with E-state index in [1.807, 2.05) is 17.9 Å². The summed E-state index contributed by atoms with van der Waals surface area (Å²) in [6, 6.07) is 4.66. The van der Waals surface area contributed by atoms with Gasteiger partial charge in [0.1, 0.15) is 0 Å². The van der Waals surface area contributed by atoms with E-state index in [-0.39, 0.29) is 0 Å². The second-order valence-electron chi connectivity index (χ2n) is 7.64. The zero-order valence-corrected chi connectivity index (χ0v) is 17.5. The smallest absolute Gasteiger partial charge is 0.0568 e. The van der Waals surface area contributed by atoms with E-state index in [1.165, 1.54) is 85.9 Å². The van der Waals surface area contributed by atoms with Crippen LogP contribution in [0.3, 0.4) is 0 Å². The topological polar surface area (TPSA) is 21.1 Å². The van der Waals surface area contributed by atoms with E-state index >= 15 is 0 Å². The van der Waals surface area contributed by atoms with Gasteiger partial charge in [-0.3, -0.25) is 4.68 Å². The van der Waals surface area contributed by atoms with Crippen molar-refractivity contribution in [3.8, 4) is 11.1 Å². The van der Waals surface area contributed by atoms with Gasteiger partial charge in [-0.1, -0.05) is 52.4 Å². The maximum atomic E-state index is 4.27.